The number of halogens is 2. The predicted octanol–water partition coefficient (Wildman–Crippen LogP) is 6.73. The van der Waals surface area contributed by atoms with Gasteiger partial charge in [0.1, 0.15) is 6.10 Å². The van der Waals surface area contributed by atoms with Crippen LogP contribution in [0.2, 0.25) is 0 Å². The van der Waals surface area contributed by atoms with Crippen LogP contribution >= 0.6 is 35.2 Å². The molecule has 0 heterocycles. The van der Waals surface area contributed by atoms with Crippen LogP contribution in [0, 0.1) is 0 Å². The molecule has 2 atom stereocenters. The number of benzene rings is 4. The van der Waals surface area contributed by atoms with E-state index in [0.717, 1.165) is 22.3 Å². The van der Waals surface area contributed by atoms with E-state index in [1.165, 1.54) is 10.6 Å². The molecule has 2 unspecified atom stereocenters. The minimum atomic E-state index is -0.578. The zero-order valence-electron chi connectivity index (χ0n) is 22.8. The van der Waals surface area contributed by atoms with Gasteiger partial charge in [-0.3, -0.25) is 0 Å². The Labute approximate surface area is 252 Å². The van der Waals surface area contributed by atoms with E-state index >= 15 is 0 Å². The summed E-state index contributed by atoms with van der Waals surface area (Å²) in [6.07, 6.45) is -0.498. The van der Waals surface area contributed by atoms with Gasteiger partial charge in [-0.1, -0.05) is 97.1 Å². The fourth-order valence-electron chi connectivity index (χ4n) is 4.31. The Morgan fingerprint density at radius 1 is 0.564 bits per heavy atom. The summed E-state index contributed by atoms with van der Waals surface area (Å²) in [5.41, 5.74) is 16.6. The van der Waals surface area contributed by atoms with E-state index in [1.807, 2.05) is 72.8 Å². The van der Waals surface area contributed by atoms with Gasteiger partial charge in [0.05, 0.1) is 37.3 Å². The summed E-state index contributed by atoms with van der Waals surface area (Å²) in [5.74, 6) is 0. The van der Waals surface area contributed by atoms with Gasteiger partial charge in [0.2, 0.25) is 0 Å². The fourth-order valence-corrected chi connectivity index (χ4v) is 6.77. The van der Waals surface area contributed by atoms with Crippen molar-refractivity contribution in [2.24, 2.45) is 11.5 Å². The number of aliphatic hydroxyl groups excluding tert-OH is 1. The first-order chi connectivity index (χ1) is 18.7. The Hall–Kier alpha value is -1.18. The third-order valence-corrected chi connectivity index (χ3v) is 9.41. The van der Waals surface area contributed by atoms with Crippen LogP contribution < -0.4 is 22.1 Å². The maximum absolute atomic E-state index is 10.9. The SMILES string of the molecule is C[PH+](C)c1ccccc1C(O)c1ccccc1[PH+](C)C.NC(c1ccccc1)C(N)c1ccccc1.[Cl][Ru+2][Cl]. The van der Waals surface area contributed by atoms with Gasteiger partial charge in [-0.2, -0.15) is 0 Å². The van der Waals surface area contributed by atoms with Gasteiger partial charge >= 0.3 is 34.5 Å². The third-order valence-electron chi connectivity index (χ3n) is 6.34. The van der Waals surface area contributed by atoms with Crippen molar-refractivity contribution < 1.29 is 20.3 Å². The molecule has 0 saturated carbocycles. The van der Waals surface area contributed by atoms with E-state index in [4.69, 9.17) is 30.8 Å². The van der Waals surface area contributed by atoms with Crippen LogP contribution in [0.5, 0.6) is 0 Å². The Balaban J connectivity index is 0.000000253. The molecule has 8 heteroatoms. The van der Waals surface area contributed by atoms with E-state index in [-0.39, 0.29) is 27.2 Å². The third kappa shape index (κ3) is 10.6. The number of rotatable bonds is 7. The molecular weight excluding hydrogens is 650 g/mol. The first-order valence-corrected chi connectivity index (χ1v) is 22.1. The van der Waals surface area contributed by atoms with Gasteiger partial charge in [0, 0.05) is 39.1 Å². The van der Waals surface area contributed by atoms with Gasteiger partial charge in [-0.05, 0) is 23.3 Å². The molecule has 0 bridgehead atoms. The Kier molecular flexibility index (Phi) is 16.0. The summed E-state index contributed by atoms with van der Waals surface area (Å²) in [6, 6.07) is 36.3. The van der Waals surface area contributed by atoms with Gasteiger partial charge in [0.25, 0.3) is 0 Å². The molecule has 0 amide bonds. The van der Waals surface area contributed by atoms with Crippen LogP contribution in [-0.2, 0) is 15.1 Å². The molecule has 0 radical (unpaired) electrons. The summed E-state index contributed by atoms with van der Waals surface area (Å²) >= 11 is -0.346. The zero-order chi connectivity index (χ0) is 28.8. The fraction of sp³-hybridized carbons (Fsp3) is 0.226. The summed E-state index contributed by atoms with van der Waals surface area (Å²) < 4.78 is 0. The summed E-state index contributed by atoms with van der Waals surface area (Å²) in [4.78, 5) is 0. The van der Waals surface area contributed by atoms with Crippen LogP contribution in [0.25, 0.3) is 0 Å². The van der Waals surface area contributed by atoms with E-state index in [0.29, 0.717) is 0 Å². The number of hydrogen-bond donors (Lipinski definition) is 3. The Morgan fingerprint density at radius 3 is 1.15 bits per heavy atom. The average Bonchev–Trinajstić information content (AvgIpc) is 2.97. The molecule has 4 rings (SSSR count). The molecule has 0 aromatic heterocycles. The van der Waals surface area contributed by atoms with Crippen molar-refractivity contribution in [3.8, 4) is 0 Å². The van der Waals surface area contributed by atoms with Gasteiger partial charge in [-0.15, -0.1) is 0 Å². The summed E-state index contributed by atoms with van der Waals surface area (Å²) in [7, 11) is 8.55. The van der Waals surface area contributed by atoms with E-state index in [1.54, 1.807) is 0 Å². The molecule has 208 valence electrons. The minimum absolute atomic E-state index is 0.163. The molecule has 0 aliphatic heterocycles. The van der Waals surface area contributed by atoms with Crippen LogP contribution in [0.1, 0.15) is 40.4 Å². The van der Waals surface area contributed by atoms with Crippen LogP contribution in [-0.4, -0.2) is 31.8 Å². The monoisotopic (exact) mass is 690 g/mol. The van der Waals surface area contributed by atoms with Gasteiger partial charge < -0.3 is 16.6 Å². The Morgan fingerprint density at radius 2 is 0.846 bits per heavy atom. The molecule has 3 nitrogen and oxygen atoms in total. The van der Waals surface area contributed by atoms with Crippen molar-refractivity contribution in [2.45, 2.75) is 18.2 Å². The second kappa shape index (κ2) is 18.3. The average molecular weight is 691 g/mol. The topological polar surface area (TPSA) is 72.3 Å². The number of hydrogen-bond acceptors (Lipinski definition) is 3. The van der Waals surface area contributed by atoms with E-state index < -0.39 is 21.9 Å². The second-order valence-electron chi connectivity index (χ2n) is 9.50. The summed E-state index contributed by atoms with van der Waals surface area (Å²) in [5, 5.41) is 13.6. The first kappa shape index (κ1) is 34.0. The van der Waals surface area contributed by atoms with E-state index in [9.17, 15) is 5.11 Å². The number of nitrogens with two attached hydrogens (primary N) is 2. The van der Waals surface area contributed by atoms with Gasteiger partial charge in [0.15, 0.2) is 0 Å². The molecule has 0 fully saturated rings. The van der Waals surface area contributed by atoms with E-state index in [2.05, 4.69) is 63.1 Å². The molecule has 0 aliphatic carbocycles. The van der Waals surface area contributed by atoms with Crippen molar-refractivity contribution in [3.63, 3.8) is 0 Å². The molecule has 39 heavy (non-hydrogen) atoms. The zero-order valence-corrected chi connectivity index (χ0v) is 28.1. The van der Waals surface area contributed by atoms with Crippen molar-refractivity contribution in [1.82, 2.24) is 0 Å². The van der Waals surface area contributed by atoms with Gasteiger partial charge in [-0.25, -0.2) is 0 Å². The molecule has 0 aliphatic rings. The van der Waals surface area contributed by atoms with Crippen LogP contribution in [0.15, 0.2) is 109 Å². The van der Waals surface area contributed by atoms with Crippen molar-refractivity contribution in [2.75, 3.05) is 26.7 Å². The second-order valence-corrected chi connectivity index (χ2v) is 17.2. The molecule has 0 spiro atoms. The standard InChI is InChI=1S/C17H22OP2.C14H16N2.2ClH.Ru/c1-19(2)15-11-7-5-9-13(15)17(18)14-10-6-8-12-16(14)20(3)4;15-13(11-7-3-1-4-8-11)14(16)12-9-5-2-6-10-12;;;/h5-12,17-18H,1-4H3;1-10,13-14H,15-16H2;2*1H;/q;;;;+4. The molecule has 0 saturated heterocycles. The predicted molar refractivity (Wildman–Crippen MR) is 175 cm³/mol. The maximum atomic E-state index is 10.9. The number of aliphatic hydroxyl groups is 1. The molecular formula is C31H40Cl2N2OP2Ru+4. The normalized spacial score (nSPS) is 12.3. The van der Waals surface area contributed by atoms with Crippen molar-refractivity contribution >= 4 is 45.8 Å². The van der Waals surface area contributed by atoms with Crippen molar-refractivity contribution in [3.05, 3.63) is 131 Å². The first-order valence-electron chi connectivity index (χ1n) is 12.7. The Bertz CT molecular complexity index is 1140. The quantitative estimate of drug-likeness (QED) is 0.149. The summed E-state index contributed by atoms with van der Waals surface area (Å²) in [6.45, 7) is 9.10. The van der Waals surface area contributed by atoms with Crippen LogP contribution in [0.4, 0.5) is 0 Å². The molecule has 4 aromatic rings. The molecule has 4 aromatic carbocycles. The van der Waals surface area contributed by atoms with Crippen LogP contribution in [0.3, 0.4) is 0 Å². The molecule has 5 N–H and O–H groups in total. The van der Waals surface area contributed by atoms with Crippen molar-refractivity contribution in [1.29, 1.82) is 0 Å².